The maximum atomic E-state index is 5.34. The third kappa shape index (κ3) is 5.72. The van der Waals surface area contributed by atoms with E-state index in [-0.39, 0.29) is 0 Å². The molecule has 0 bridgehead atoms. The predicted molar refractivity (Wildman–Crippen MR) is 44.7 cm³/mol. The zero-order valence-electron chi connectivity index (χ0n) is 7.01. The van der Waals surface area contributed by atoms with Gasteiger partial charge >= 0.3 is 0 Å². The summed E-state index contributed by atoms with van der Waals surface area (Å²) in [5.74, 6) is 0. The van der Waals surface area contributed by atoms with E-state index in [4.69, 9.17) is 5.73 Å². The molecule has 0 aliphatic carbocycles. The van der Waals surface area contributed by atoms with Crippen molar-refractivity contribution in [2.24, 2.45) is 5.73 Å². The van der Waals surface area contributed by atoms with Crippen LogP contribution in [0, 0.1) is 0 Å². The normalized spacial score (nSPS) is 10.4. The van der Waals surface area contributed by atoms with Gasteiger partial charge in [0.2, 0.25) is 0 Å². The lowest BCUT2D eigenvalue weighted by atomic mass is 10.5. The maximum Gasteiger partial charge on any atom is 0.154 e. The molecule has 0 rings (SSSR count). The third-order valence-electron chi connectivity index (χ3n) is 1.31. The summed E-state index contributed by atoms with van der Waals surface area (Å²) in [6.07, 6.45) is 0. The van der Waals surface area contributed by atoms with E-state index in [9.17, 15) is 0 Å². The van der Waals surface area contributed by atoms with Crippen LogP contribution in [0.15, 0.2) is 0 Å². The molecule has 0 unspecified atom stereocenters. The van der Waals surface area contributed by atoms with Crippen molar-refractivity contribution in [3.63, 3.8) is 0 Å². The minimum atomic E-state index is 0.691. The first-order valence-electron chi connectivity index (χ1n) is 3.57. The molecule has 0 aliphatic rings. The molecule has 0 radical (unpaired) electrons. The van der Waals surface area contributed by atoms with Gasteiger partial charge in [-0.25, -0.2) is 4.58 Å². The van der Waals surface area contributed by atoms with Crippen LogP contribution in [0.3, 0.4) is 0 Å². The summed E-state index contributed by atoms with van der Waals surface area (Å²) in [4.78, 5) is 2.13. The Morgan fingerprint density at radius 1 is 1.40 bits per heavy atom. The largest absolute Gasteiger partial charge is 0.325 e. The molecule has 0 aliphatic heterocycles. The molecule has 60 valence electrons. The van der Waals surface area contributed by atoms with Gasteiger partial charge in [-0.2, -0.15) is 0 Å². The van der Waals surface area contributed by atoms with Crippen molar-refractivity contribution in [1.29, 1.82) is 0 Å². The monoisotopic (exact) mass is 144 g/mol. The summed E-state index contributed by atoms with van der Waals surface area (Å²) in [7, 11) is 4.10. The summed E-state index contributed by atoms with van der Waals surface area (Å²) in [5.41, 5.74) is 5.34. The molecule has 0 atom stereocenters. The SMILES string of the molecule is C=[N+](CCN)CCN(C)C. The minimum Gasteiger partial charge on any atom is -0.325 e. The zero-order valence-corrected chi connectivity index (χ0v) is 7.01. The number of hydrogen-bond acceptors (Lipinski definition) is 2. The molecule has 0 aromatic rings. The van der Waals surface area contributed by atoms with E-state index in [0.717, 1.165) is 19.6 Å². The highest BCUT2D eigenvalue weighted by molar-refractivity contribution is 5.14. The van der Waals surface area contributed by atoms with Gasteiger partial charge in [-0.15, -0.1) is 0 Å². The van der Waals surface area contributed by atoms with Gasteiger partial charge in [-0.3, -0.25) is 0 Å². The molecule has 0 spiro atoms. The zero-order chi connectivity index (χ0) is 7.98. The fourth-order valence-corrected chi connectivity index (χ4v) is 0.636. The topological polar surface area (TPSA) is 32.3 Å². The van der Waals surface area contributed by atoms with Crippen LogP contribution in [0.1, 0.15) is 0 Å². The Labute approximate surface area is 63.1 Å². The minimum absolute atomic E-state index is 0.691. The van der Waals surface area contributed by atoms with Crippen molar-refractivity contribution in [1.82, 2.24) is 4.90 Å². The second-order valence-corrected chi connectivity index (χ2v) is 2.71. The lowest BCUT2D eigenvalue weighted by Gasteiger charge is -2.06. The number of nitrogens with zero attached hydrogens (tertiary/aromatic N) is 2. The quantitative estimate of drug-likeness (QED) is 0.405. The lowest BCUT2D eigenvalue weighted by Crippen LogP contribution is -2.27. The van der Waals surface area contributed by atoms with Crippen molar-refractivity contribution in [2.45, 2.75) is 0 Å². The molecule has 0 fully saturated rings. The van der Waals surface area contributed by atoms with E-state index >= 15 is 0 Å². The van der Waals surface area contributed by atoms with E-state index in [2.05, 4.69) is 25.7 Å². The first-order valence-corrected chi connectivity index (χ1v) is 3.57. The molecular weight excluding hydrogens is 126 g/mol. The van der Waals surface area contributed by atoms with Crippen LogP contribution in [0.4, 0.5) is 0 Å². The fourth-order valence-electron chi connectivity index (χ4n) is 0.636. The van der Waals surface area contributed by atoms with Gasteiger partial charge in [0.25, 0.3) is 0 Å². The second kappa shape index (κ2) is 5.38. The Morgan fingerprint density at radius 2 is 2.00 bits per heavy atom. The summed E-state index contributed by atoms with van der Waals surface area (Å²) in [6.45, 7) is 7.44. The Hall–Kier alpha value is -0.410. The Balaban J connectivity index is 3.22. The average molecular weight is 144 g/mol. The molecule has 3 heteroatoms. The first-order chi connectivity index (χ1) is 4.66. The van der Waals surface area contributed by atoms with E-state index in [0.29, 0.717) is 6.54 Å². The molecule has 0 amide bonds. The van der Waals surface area contributed by atoms with Crippen molar-refractivity contribution in [2.75, 3.05) is 40.3 Å². The summed E-state index contributed by atoms with van der Waals surface area (Å²) >= 11 is 0. The number of hydrogen-bond donors (Lipinski definition) is 1. The average Bonchev–Trinajstić information content (AvgIpc) is 1.85. The molecule has 2 N–H and O–H groups in total. The molecule has 0 aromatic heterocycles. The van der Waals surface area contributed by atoms with E-state index in [1.54, 1.807) is 0 Å². The second-order valence-electron chi connectivity index (χ2n) is 2.71. The third-order valence-corrected chi connectivity index (χ3v) is 1.31. The van der Waals surface area contributed by atoms with Crippen LogP contribution in [-0.2, 0) is 0 Å². The fraction of sp³-hybridized carbons (Fsp3) is 0.857. The van der Waals surface area contributed by atoms with Gasteiger partial charge in [0.15, 0.2) is 13.1 Å². The van der Waals surface area contributed by atoms with Gasteiger partial charge in [-0.1, -0.05) is 0 Å². The molecule has 3 nitrogen and oxygen atoms in total. The molecule has 10 heavy (non-hydrogen) atoms. The first kappa shape index (κ1) is 9.59. The van der Waals surface area contributed by atoms with E-state index in [1.807, 2.05) is 4.58 Å². The van der Waals surface area contributed by atoms with Crippen LogP contribution in [0.2, 0.25) is 0 Å². The molecule has 0 saturated heterocycles. The molecule has 0 saturated carbocycles. The van der Waals surface area contributed by atoms with Crippen molar-refractivity contribution < 1.29 is 4.58 Å². The smallest absolute Gasteiger partial charge is 0.154 e. The van der Waals surface area contributed by atoms with Gasteiger partial charge in [-0.05, 0) is 14.1 Å². The Morgan fingerprint density at radius 3 is 2.40 bits per heavy atom. The van der Waals surface area contributed by atoms with Crippen molar-refractivity contribution in [3.05, 3.63) is 0 Å². The number of nitrogens with two attached hydrogens (primary N) is 1. The highest BCUT2D eigenvalue weighted by Gasteiger charge is 1.98. The van der Waals surface area contributed by atoms with Gasteiger partial charge in [0.05, 0.1) is 13.1 Å². The maximum absolute atomic E-state index is 5.34. The lowest BCUT2D eigenvalue weighted by molar-refractivity contribution is -0.516. The summed E-state index contributed by atoms with van der Waals surface area (Å²) in [6, 6.07) is 0. The Bertz CT molecular complexity index is 99.0. The van der Waals surface area contributed by atoms with E-state index in [1.165, 1.54) is 0 Å². The van der Waals surface area contributed by atoms with Gasteiger partial charge in [0.1, 0.15) is 6.72 Å². The van der Waals surface area contributed by atoms with Crippen LogP contribution in [-0.4, -0.2) is 56.5 Å². The van der Waals surface area contributed by atoms with Crippen LogP contribution in [0.5, 0.6) is 0 Å². The number of likely N-dealkylation sites (N-methyl/N-ethyl adjacent to an activating group) is 1. The molecule has 0 heterocycles. The highest BCUT2D eigenvalue weighted by Crippen LogP contribution is 1.75. The van der Waals surface area contributed by atoms with Crippen molar-refractivity contribution >= 4 is 6.72 Å². The van der Waals surface area contributed by atoms with Crippen LogP contribution >= 0.6 is 0 Å². The Kier molecular flexibility index (Phi) is 5.16. The van der Waals surface area contributed by atoms with Gasteiger partial charge < -0.3 is 10.6 Å². The van der Waals surface area contributed by atoms with Gasteiger partial charge in [0, 0.05) is 0 Å². The van der Waals surface area contributed by atoms with Crippen LogP contribution in [0.25, 0.3) is 0 Å². The van der Waals surface area contributed by atoms with Crippen molar-refractivity contribution in [3.8, 4) is 0 Å². The number of rotatable bonds is 5. The standard InChI is InChI=1S/C7H18N3/c1-9(2)6-7-10(3)5-4-8/h3-8H2,1-2H3/q+1. The summed E-state index contributed by atoms with van der Waals surface area (Å²) in [5, 5.41) is 0. The van der Waals surface area contributed by atoms with E-state index < -0.39 is 0 Å². The predicted octanol–water partition coefficient (Wildman–Crippen LogP) is -0.780. The molecular formula is C7H18N3+. The van der Waals surface area contributed by atoms with Crippen LogP contribution < -0.4 is 5.73 Å². The molecule has 0 aromatic carbocycles. The summed E-state index contributed by atoms with van der Waals surface area (Å²) < 4.78 is 1.99. The highest BCUT2D eigenvalue weighted by atomic mass is 15.1.